The molecule has 3 rings (SSSR count). The Hall–Kier alpha value is -2.17. The molecule has 0 aliphatic heterocycles. The molecule has 2 N–H and O–H groups in total. The summed E-state index contributed by atoms with van der Waals surface area (Å²) in [6, 6.07) is 15.8. The van der Waals surface area contributed by atoms with Crippen LogP contribution in [0.3, 0.4) is 0 Å². The quantitative estimate of drug-likeness (QED) is 0.767. The number of thiophene rings is 1. The predicted octanol–water partition coefficient (Wildman–Crippen LogP) is 3.87. The molecule has 4 heteroatoms. The monoisotopic (exact) mass is 296 g/mol. The summed E-state index contributed by atoms with van der Waals surface area (Å²) in [6.45, 7) is 0.783. The van der Waals surface area contributed by atoms with Crippen molar-refractivity contribution in [1.82, 2.24) is 5.32 Å². The van der Waals surface area contributed by atoms with Gasteiger partial charge in [-0.05, 0) is 30.8 Å². The van der Waals surface area contributed by atoms with Gasteiger partial charge < -0.3 is 10.6 Å². The zero-order valence-electron chi connectivity index (χ0n) is 11.7. The Balaban J connectivity index is 1.84. The zero-order valence-corrected chi connectivity index (χ0v) is 12.5. The van der Waals surface area contributed by atoms with Crippen molar-refractivity contribution in [3.8, 4) is 0 Å². The Labute approximate surface area is 127 Å². The van der Waals surface area contributed by atoms with Crippen molar-refractivity contribution in [1.29, 1.82) is 0 Å². The lowest BCUT2D eigenvalue weighted by Crippen LogP contribution is -2.12. The number of benzene rings is 2. The molecule has 3 aromatic rings. The summed E-state index contributed by atoms with van der Waals surface area (Å²) in [5.41, 5.74) is 2.70. The first-order valence-corrected chi connectivity index (χ1v) is 7.67. The number of hydrogen-bond donors (Lipinski definition) is 2. The third kappa shape index (κ3) is 2.96. The summed E-state index contributed by atoms with van der Waals surface area (Å²) in [7, 11) is 1.91. The summed E-state index contributed by atoms with van der Waals surface area (Å²) in [6.07, 6.45) is 0. The number of anilines is 1. The highest BCUT2D eigenvalue weighted by Gasteiger charge is 2.12. The highest BCUT2D eigenvalue weighted by Crippen LogP contribution is 2.26. The van der Waals surface area contributed by atoms with Gasteiger partial charge in [0.25, 0.3) is 5.91 Å². The Morgan fingerprint density at radius 3 is 2.86 bits per heavy atom. The lowest BCUT2D eigenvalue weighted by molar-refractivity contribution is 0.102. The van der Waals surface area contributed by atoms with Crippen LogP contribution in [0.15, 0.2) is 53.9 Å². The molecule has 0 fully saturated rings. The molecule has 0 radical (unpaired) electrons. The van der Waals surface area contributed by atoms with E-state index in [-0.39, 0.29) is 5.91 Å². The molecule has 3 nitrogen and oxygen atoms in total. The molecule has 1 aromatic heterocycles. The third-order valence-electron chi connectivity index (χ3n) is 3.29. The van der Waals surface area contributed by atoms with E-state index in [2.05, 4.69) is 10.6 Å². The summed E-state index contributed by atoms with van der Waals surface area (Å²) in [4.78, 5) is 12.4. The van der Waals surface area contributed by atoms with Crippen molar-refractivity contribution in [3.05, 3.63) is 65.0 Å². The van der Waals surface area contributed by atoms with Crippen molar-refractivity contribution in [2.75, 3.05) is 12.4 Å². The van der Waals surface area contributed by atoms with Crippen LogP contribution in [-0.2, 0) is 6.54 Å². The van der Waals surface area contributed by atoms with Crippen LogP contribution in [0.2, 0.25) is 0 Å². The van der Waals surface area contributed by atoms with Gasteiger partial charge in [0.2, 0.25) is 0 Å². The fraction of sp³-hybridized carbons (Fsp3) is 0.118. The third-order valence-corrected chi connectivity index (χ3v) is 4.25. The van der Waals surface area contributed by atoms with Crippen molar-refractivity contribution < 1.29 is 4.79 Å². The molecule has 0 atom stereocenters. The molecule has 0 saturated carbocycles. The molecule has 2 aromatic carbocycles. The van der Waals surface area contributed by atoms with E-state index in [1.807, 2.05) is 61.0 Å². The SMILES string of the molecule is CNCc1cccc(NC(=O)c2csc3ccccc23)c1. The van der Waals surface area contributed by atoms with E-state index >= 15 is 0 Å². The molecule has 106 valence electrons. The molecule has 0 aliphatic carbocycles. The van der Waals surface area contributed by atoms with Crippen LogP contribution in [0, 0.1) is 0 Å². The van der Waals surface area contributed by atoms with Crippen LogP contribution in [0.25, 0.3) is 10.1 Å². The second kappa shape index (κ2) is 6.08. The standard InChI is InChI=1S/C17H16N2OS/c1-18-10-12-5-4-6-13(9-12)19-17(20)15-11-21-16-8-3-2-7-14(15)16/h2-9,11,18H,10H2,1H3,(H,19,20). The minimum atomic E-state index is -0.0611. The lowest BCUT2D eigenvalue weighted by atomic mass is 10.1. The molecule has 0 saturated heterocycles. The first-order chi connectivity index (χ1) is 10.3. The van der Waals surface area contributed by atoms with Gasteiger partial charge >= 0.3 is 0 Å². The highest BCUT2D eigenvalue weighted by atomic mass is 32.1. The van der Waals surface area contributed by atoms with Gasteiger partial charge in [-0.1, -0.05) is 30.3 Å². The average Bonchev–Trinajstić information content (AvgIpc) is 2.92. The Bertz CT molecular complexity index is 779. The van der Waals surface area contributed by atoms with Gasteiger partial charge in [0.1, 0.15) is 0 Å². The minimum absolute atomic E-state index is 0.0611. The van der Waals surface area contributed by atoms with Gasteiger partial charge in [0, 0.05) is 27.7 Å². The summed E-state index contributed by atoms with van der Waals surface area (Å²) < 4.78 is 1.13. The predicted molar refractivity (Wildman–Crippen MR) is 89.0 cm³/mol. The molecular weight excluding hydrogens is 280 g/mol. The first kappa shape index (κ1) is 13.8. The van der Waals surface area contributed by atoms with Crippen molar-refractivity contribution >= 4 is 33.0 Å². The molecule has 21 heavy (non-hydrogen) atoms. The number of hydrogen-bond acceptors (Lipinski definition) is 3. The van der Waals surface area contributed by atoms with E-state index in [4.69, 9.17) is 0 Å². The van der Waals surface area contributed by atoms with Crippen LogP contribution >= 0.6 is 11.3 Å². The van der Waals surface area contributed by atoms with Crippen LogP contribution in [0.4, 0.5) is 5.69 Å². The minimum Gasteiger partial charge on any atom is -0.322 e. The number of carbonyl (C=O) groups is 1. The molecular formula is C17H16N2OS. The van der Waals surface area contributed by atoms with Gasteiger partial charge in [0.15, 0.2) is 0 Å². The Morgan fingerprint density at radius 2 is 2.00 bits per heavy atom. The maximum absolute atomic E-state index is 12.4. The van der Waals surface area contributed by atoms with E-state index in [9.17, 15) is 4.79 Å². The maximum atomic E-state index is 12.4. The number of nitrogens with one attached hydrogen (secondary N) is 2. The molecule has 0 aliphatic rings. The lowest BCUT2D eigenvalue weighted by Gasteiger charge is -2.07. The van der Waals surface area contributed by atoms with Crippen LogP contribution in [0.5, 0.6) is 0 Å². The van der Waals surface area contributed by atoms with Crippen molar-refractivity contribution in [2.45, 2.75) is 6.54 Å². The average molecular weight is 296 g/mol. The second-order valence-electron chi connectivity index (χ2n) is 4.83. The topological polar surface area (TPSA) is 41.1 Å². The maximum Gasteiger partial charge on any atom is 0.257 e. The molecule has 0 bridgehead atoms. The zero-order chi connectivity index (χ0) is 14.7. The van der Waals surface area contributed by atoms with Gasteiger partial charge in [0.05, 0.1) is 5.56 Å². The highest BCUT2D eigenvalue weighted by molar-refractivity contribution is 7.17. The van der Waals surface area contributed by atoms with Gasteiger partial charge in [-0.25, -0.2) is 0 Å². The van der Waals surface area contributed by atoms with Gasteiger partial charge in [-0.15, -0.1) is 11.3 Å². The van der Waals surface area contributed by atoms with E-state index in [1.54, 1.807) is 11.3 Å². The number of amides is 1. The van der Waals surface area contributed by atoms with E-state index in [0.29, 0.717) is 0 Å². The van der Waals surface area contributed by atoms with Crippen LogP contribution < -0.4 is 10.6 Å². The van der Waals surface area contributed by atoms with E-state index < -0.39 is 0 Å². The number of fused-ring (bicyclic) bond motifs is 1. The Morgan fingerprint density at radius 1 is 1.14 bits per heavy atom. The van der Waals surface area contributed by atoms with Crippen LogP contribution in [-0.4, -0.2) is 13.0 Å². The van der Waals surface area contributed by atoms with Crippen molar-refractivity contribution in [3.63, 3.8) is 0 Å². The fourth-order valence-electron chi connectivity index (χ4n) is 2.32. The molecule has 0 unspecified atom stereocenters. The van der Waals surface area contributed by atoms with Crippen molar-refractivity contribution in [2.24, 2.45) is 0 Å². The smallest absolute Gasteiger partial charge is 0.257 e. The summed E-state index contributed by atoms with van der Waals surface area (Å²) in [5, 5.41) is 9.00. The fourth-order valence-corrected chi connectivity index (χ4v) is 3.26. The molecule has 1 amide bonds. The number of rotatable bonds is 4. The molecule has 1 heterocycles. The van der Waals surface area contributed by atoms with Gasteiger partial charge in [-0.3, -0.25) is 4.79 Å². The van der Waals surface area contributed by atoms with Crippen LogP contribution in [0.1, 0.15) is 15.9 Å². The normalized spacial score (nSPS) is 10.7. The second-order valence-corrected chi connectivity index (χ2v) is 5.74. The number of carbonyl (C=O) groups excluding carboxylic acids is 1. The van der Waals surface area contributed by atoms with E-state index in [0.717, 1.165) is 33.4 Å². The molecule has 0 spiro atoms. The van der Waals surface area contributed by atoms with E-state index in [1.165, 1.54) is 0 Å². The first-order valence-electron chi connectivity index (χ1n) is 6.79. The van der Waals surface area contributed by atoms with Gasteiger partial charge in [-0.2, -0.15) is 0 Å². The largest absolute Gasteiger partial charge is 0.322 e. The Kier molecular flexibility index (Phi) is 3.99. The summed E-state index contributed by atoms with van der Waals surface area (Å²) in [5.74, 6) is -0.0611. The summed E-state index contributed by atoms with van der Waals surface area (Å²) >= 11 is 1.59.